The van der Waals surface area contributed by atoms with Crippen molar-refractivity contribution >= 4 is 36.9 Å². The molecule has 0 amide bonds. The Bertz CT molecular complexity index is 689. The zero-order valence-corrected chi connectivity index (χ0v) is 14.7. The summed E-state index contributed by atoms with van der Waals surface area (Å²) in [4.78, 5) is 0. The van der Waals surface area contributed by atoms with E-state index in [4.69, 9.17) is 14.0 Å². The van der Waals surface area contributed by atoms with Crippen molar-refractivity contribution in [1.82, 2.24) is 0 Å². The van der Waals surface area contributed by atoms with Crippen molar-refractivity contribution in [3.63, 3.8) is 0 Å². The summed E-state index contributed by atoms with van der Waals surface area (Å²) < 4.78 is 17.7. The van der Waals surface area contributed by atoms with Gasteiger partial charge < -0.3 is 14.0 Å². The Labute approximate surface area is 177 Å². The molecule has 0 spiro atoms. The Morgan fingerprint density at radius 1 is 0.462 bits per heavy atom. The molecule has 0 aliphatic heterocycles. The molecule has 0 atom stereocenters. The van der Waals surface area contributed by atoms with Gasteiger partial charge in [0.05, 0.1) is 0 Å². The molecule has 3 rings (SSSR count). The SMILES string of the molecule is Cc1ccc(OB(Oc2ccc(C)cc2)Oc2ccc(C)cc2)cc1.[NaH]. The number of hydrogen-bond donors (Lipinski definition) is 0. The summed E-state index contributed by atoms with van der Waals surface area (Å²) in [7, 11) is -0.881. The van der Waals surface area contributed by atoms with Crippen molar-refractivity contribution in [2.75, 3.05) is 0 Å². The third-order valence-corrected chi connectivity index (χ3v) is 3.76. The van der Waals surface area contributed by atoms with Gasteiger partial charge in [0.2, 0.25) is 0 Å². The van der Waals surface area contributed by atoms with E-state index in [-0.39, 0.29) is 29.6 Å². The second-order valence-corrected chi connectivity index (χ2v) is 6.08. The van der Waals surface area contributed by atoms with E-state index in [2.05, 4.69) is 0 Å². The van der Waals surface area contributed by atoms with Crippen LogP contribution in [0, 0.1) is 20.8 Å². The third kappa shape index (κ3) is 6.13. The molecule has 3 aromatic carbocycles. The van der Waals surface area contributed by atoms with E-state index in [1.54, 1.807) is 0 Å². The van der Waals surface area contributed by atoms with Gasteiger partial charge in [-0.3, -0.25) is 0 Å². The summed E-state index contributed by atoms with van der Waals surface area (Å²) in [6.45, 7) is 6.10. The van der Waals surface area contributed by atoms with Crippen molar-refractivity contribution in [2.24, 2.45) is 0 Å². The molecule has 0 fully saturated rings. The monoisotopic (exact) mass is 356 g/mol. The summed E-state index contributed by atoms with van der Waals surface area (Å²) in [5.74, 6) is 2.07. The first-order chi connectivity index (χ1) is 12.1. The Balaban J connectivity index is 0.00000243. The molecule has 3 nitrogen and oxygen atoms in total. The fraction of sp³-hybridized carbons (Fsp3) is 0.143. The topological polar surface area (TPSA) is 27.7 Å². The molecule has 0 unspecified atom stereocenters. The van der Waals surface area contributed by atoms with Crippen molar-refractivity contribution in [3.05, 3.63) is 89.5 Å². The summed E-state index contributed by atoms with van der Waals surface area (Å²) in [5, 5.41) is 0. The summed E-state index contributed by atoms with van der Waals surface area (Å²) >= 11 is 0. The van der Waals surface area contributed by atoms with Crippen LogP contribution >= 0.6 is 0 Å². The molecule has 0 radical (unpaired) electrons. The Kier molecular flexibility index (Phi) is 7.64. The molecule has 0 aliphatic carbocycles. The van der Waals surface area contributed by atoms with Crippen LogP contribution in [0.1, 0.15) is 16.7 Å². The van der Waals surface area contributed by atoms with Crippen LogP contribution in [-0.4, -0.2) is 36.9 Å². The predicted octanol–water partition coefficient (Wildman–Crippen LogP) is 4.49. The van der Waals surface area contributed by atoms with Gasteiger partial charge in [-0.15, -0.1) is 0 Å². The number of hydrogen-bond acceptors (Lipinski definition) is 3. The summed E-state index contributed by atoms with van der Waals surface area (Å²) in [5.41, 5.74) is 3.51. The van der Waals surface area contributed by atoms with Crippen molar-refractivity contribution in [1.29, 1.82) is 0 Å². The van der Waals surface area contributed by atoms with E-state index >= 15 is 0 Å². The number of aryl methyl sites for hydroxylation is 3. The van der Waals surface area contributed by atoms with E-state index in [1.807, 2.05) is 93.6 Å². The minimum atomic E-state index is -0.881. The molecule has 5 heteroatoms. The maximum absolute atomic E-state index is 5.89. The standard InChI is InChI=1S/C21H21BO3.Na.H/c1-16-4-10-19(11-5-16)23-22(24-20-12-6-17(2)7-13-20)25-21-14-8-18(3)9-15-21;;/h4-15H,1-3H3;;. The Hall–Kier alpha value is -1.88. The van der Waals surface area contributed by atoms with Gasteiger partial charge in [-0.1, -0.05) is 53.1 Å². The normalized spacial score (nSPS) is 9.81. The average Bonchev–Trinajstić information content (AvgIpc) is 2.61. The molecular weight excluding hydrogens is 334 g/mol. The van der Waals surface area contributed by atoms with Crippen LogP contribution in [0.3, 0.4) is 0 Å². The zero-order valence-electron chi connectivity index (χ0n) is 14.7. The van der Waals surface area contributed by atoms with Gasteiger partial charge in [0.1, 0.15) is 17.2 Å². The van der Waals surface area contributed by atoms with Gasteiger partial charge in [-0.05, 0) is 57.2 Å². The van der Waals surface area contributed by atoms with Gasteiger partial charge in [-0.25, -0.2) is 0 Å². The van der Waals surface area contributed by atoms with E-state index in [9.17, 15) is 0 Å². The minimum absolute atomic E-state index is 0. The summed E-state index contributed by atoms with van der Waals surface area (Å²) in [6, 6.07) is 23.4. The third-order valence-electron chi connectivity index (χ3n) is 3.76. The first-order valence-corrected chi connectivity index (χ1v) is 8.28. The summed E-state index contributed by atoms with van der Waals surface area (Å²) in [6.07, 6.45) is 0. The second kappa shape index (κ2) is 9.72. The number of benzene rings is 3. The molecule has 128 valence electrons. The first kappa shape index (κ1) is 20.4. The van der Waals surface area contributed by atoms with Gasteiger partial charge in [0.15, 0.2) is 0 Å². The van der Waals surface area contributed by atoms with Gasteiger partial charge in [0, 0.05) is 0 Å². The molecule has 0 aliphatic rings. The molecule has 0 bridgehead atoms. The molecular formula is C21H22BNaO3. The van der Waals surface area contributed by atoms with Gasteiger partial charge >= 0.3 is 36.9 Å². The Morgan fingerprint density at radius 2 is 0.692 bits per heavy atom. The second-order valence-electron chi connectivity index (χ2n) is 6.08. The van der Waals surface area contributed by atoms with E-state index in [1.165, 1.54) is 16.7 Å². The van der Waals surface area contributed by atoms with Crippen molar-refractivity contribution in [3.8, 4) is 17.2 Å². The van der Waals surface area contributed by atoms with Crippen molar-refractivity contribution in [2.45, 2.75) is 20.8 Å². The molecule has 0 saturated heterocycles. The van der Waals surface area contributed by atoms with E-state index in [0.717, 1.165) is 0 Å². The first-order valence-electron chi connectivity index (χ1n) is 8.28. The van der Waals surface area contributed by atoms with E-state index < -0.39 is 7.32 Å². The zero-order chi connectivity index (χ0) is 17.6. The van der Waals surface area contributed by atoms with Crippen molar-refractivity contribution < 1.29 is 14.0 Å². The quantitative estimate of drug-likeness (QED) is 0.610. The molecule has 26 heavy (non-hydrogen) atoms. The Morgan fingerprint density at radius 3 is 0.923 bits per heavy atom. The fourth-order valence-corrected chi connectivity index (χ4v) is 2.26. The molecule has 0 heterocycles. The molecule has 0 N–H and O–H groups in total. The van der Waals surface area contributed by atoms with E-state index in [0.29, 0.717) is 17.2 Å². The van der Waals surface area contributed by atoms with Gasteiger partial charge in [0.25, 0.3) is 0 Å². The predicted molar refractivity (Wildman–Crippen MR) is 108 cm³/mol. The van der Waals surface area contributed by atoms with Gasteiger partial charge in [-0.2, -0.15) is 0 Å². The van der Waals surface area contributed by atoms with Crippen LogP contribution in [0.2, 0.25) is 0 Å². The van der Waals surface area contributed by atoms with Crippen LogP contribution in [0.5, 0.6) is 17.2 Å². The number of rotatable bonds is 6. The van der Waals surface area contributed by atoms with Crippen LogP contribution in [0.25, 0.3) is 0 Å². The van der Waals surface area contributed by atoms with Crippen LogP contribution in [0.4, 0.5) is 0 Å². The van der Waals surface area contributed by atoms with Crippen LogP contribution in [-0.2, 0) is 0 Å². The maximum atomic E-state index is 5.89. The van der Waals surface area contributed by atoms with Crippen LogP contribution < -0.4 is 14.0 Å². The van der Waals surface area contributed by atoms with Crippen LogP contribution in [0.15, 0.2) is 72.8 Å². The average molecular weight is 356 g/mol. The molecule has 0 saturated carbocycles. The molecule has 3 aromatic rings. The fourth-order valence-electron chi connectivity index (χ4n) is 2.26. The molecule has 0 aromatic heterocycles.